The third kappa shape index (κ3) is 3.82. The number of carbonyl (C=O) groups is 1. The summed E-state index contributed by atoms with van der Waals surface area (Å²) >= 11 is 0. The normalized spacial score (nSPS) is 10.5. The van der Waals surface area contributed by atoms with Crippen molar-refractivity contribution in [2.24, 2.45) is 0 Å². The van der Waals surface area contributed by atoms with Crippen LogP contribution in [0.4, 0.5) is 5.69 Å². The Morgan fingerprint density at radius 3 is 2.64 bits per heavy atom. The largest absolute Gasteiger partial charge is 0.494 e. The number of tetrazole rings is 1. The Hall–Kier alpha value is -3.22. The van der Waals surface area contributed by atoms with Gasteiger partial charge in [-0.25, -0.2) is 4.68 Å². The number of methoxy groups -OCH3 is 1. The second kappa shape index (κ2) is 7.57. The van der Waals surface area contributed by atoms with Crippen molar-refractivity contribution in [3.63, 3.8) is 0 Å². The number of carbonyl (C=O) groups excluding carboxylic acids is 1. The number of aromatic nitrogens is 4. The Bertz CT molecular complexity index is 844. The van der Waals surface area contributed by atoms with Crippen molar-refractivity contribution in [1.29, 1.82) is 0 Å². The molecule has 0 atom stereocenters. The molecule has 0 spiro atoms. The minimum Gasteiger partial charge on any atom is -0.494 e. The third-order valence-corrected chi connectivity index (χ3v) is 3.80. The fraction of sp³-hybridized carbons (Fsp3) is 0.222. The number of nitrogens with one attached hydrogen (secondary N) is 1. The van der Waals surface area contributed by atoms with Crippen molar-refractivity contribution in [3.8, 4) is 11.4 Å². The number of nitrogens with zero attached hydrogens (tertiary/aromatic N) is 4. The summed E-state index contributed by atoms with van der Waals surface area (Å²) < 4.78 is 6.89. The van der Waals surface area contributed by atoms with Gasteiger partial charge in [0.05, 0.1) is 18.5 Å². The molecule has 1 aromatic heterocycles. The molecule has 25 heavy (non-hydrogen) atoms. The Labute approximate surface area is 145 Å². The molecule has 0 saturated carbocycles. The number of anilines is 1. The van der Waals surface area contributed by atoms with E-state index >= 15 is 0 Å². The molecule has 0 aliphatic rings. The van der Waals surface area contributed by atoms with Crippen LogP contribution in [0.3, 0.4) is 0 Å². The Balaban J connectivity index is 1.78. The monoisotopic (exact) mass is 337 g/mol. The van der Waals surface area contributed by atoms with Gasteiger partial charge < -0.3 is 10.1 Å². The van der Waals surface area contributed by atoms with Gasteiger partial charge in [0.15, 0.2) is 0 Å². The predicted molar refractivity (Wildman–Crippen MR) is 94.1 cm³/mol. The van der Waals surface area contributed by atoms with E-state index in [1.807, 2.05) is 24.3 Å². The minimum absolute atomic E-state index is 0.184. The second-order valence-electron chi connectivity index (χ2n) is 5.54. The summed E-state index contributed by atoms with van der Waals surface area (Å²) in [6.45, 7) is 2.13. The topological polar surface area (TPSA) is 81.9 Å². The van der Waals surface area contributed by atoms with Crippen molar-refractivity contribution < 1.29 is 9.53 Å². The van der Waals surface area contributed by atoms with Gasteiger partial charge in [0.2, 0.25) is 0 Å². The van der Waals surface area contributed by atoms with E-state index < -0.39 is 0 Å². The number of ether oxygens (including phenoxy) is 1. The number of aryl methyl sites for hydroxylation is 1. The average molecular weight is 337 g/mol. The molecule has 0 aliphatic carbocycles. The molecule has 3 rings (SSSR count). The van der Waals surface area contributed by atoms with Crippen LogP contribution in [0.5, 0.6) is 5.75 Å². The predicted octanol–water partition coefficient (Wildman–Crippen LogP) is 2.88. The van der Waals surface area contributed by atoms with Crippen LogP contribution < -0.4 is 10.1 Å². The number of amides is 1. The molecule has 128 valence electrons. The highest BCUT2D eigenvalue weighted by Crippen LogP contribution is 2.27. The Kier molecular flexibility index (Phi) is 5.03. The maximum absolute atomic E-state index is 12.5. The number of benzene rings is 2. The lowest BCUT2D eigenvalue weighted by molar-refractivity contribution is 0.102. The number of rotatable bonds is 6. The lowest BCUT2D eigenvalue weighted by Gasteiger charge is -2.12. The van der Waals surface area contributed by atoms with Crippen molar-refractivity contribution in [1.82, 2.24) is 20.2 Å². The molecule has 7 nitrogen and oxygen atoms in total. The van der Waals surface area contributed by atoms with E-state index in [0.717, 1.165) is 18.5 Å². The highest BCUT2D eigenvalue weighted by Gasteiger charge is 2.11. The van der Waals surface area contributed by atoms with E-state index in [0.29, 0.717) is 17.0 Å². The molecule has 0 radical (unpaired) electrons. The first-order valence-corrected chi connectivity index (χ1v) is 8.03. The molecule has 0 bridgehead atoms. The van der Waals surface area contributed by atoms with Crippen LogP contribution in [0.1, 0.15) is 29.3 Å². The van der Waals surface area contributed by atoms with Crippen LogP contribution in [-0.4, -0.2) is 33.2 Å². The van der Waals surface area contributed by atoms with Crippen LogP contribution in [0, 0.1) is 0 Å². The zero-order valence-corrected chi connectivity index (χ0v) is 14.1. The molecule has 0 aliphatic heterocycles. The summed E-state index contributed by atoms with van der Waals surface area (Å²) in [5, 5.41) is 13.9. The SMILES string of the molecule is CCCc1ccc(C(=O)Nc2ccc(-n3cnnn3)cc2OC)cc1. The summed E-state index contributed by atoms with van der Waals surface area (Å²) in [7, 11) is 1.55. The van der Waals surface area contributed by atoms with E-state index in [1.54, 1.807) is 25.3 Å². The highest BCUT2D eigenvalue weighted by molar-refractivity contribution is 6.05. The van der Waals surface area contributed by atoms with Crippen molar-refractivity contribution in [2.45, 2.75) is 19.8 Å². The van der Waals surface area contributed by atoms with Crippen LogP contribution in [0.15, 0.2) is 48.8 Å². The van der Waals surface area contributed by atoms with Gasteiger partial charge in [0, 0.05) is 11.6 Å². The second-order valence-corrected chi connectivity index (χ2v) is 5.54. The van der Waals surface area contributed by atoms with Crippen LogP contribution in [-0.2, 0) is 6.42 Å². The Morgan fingerprint density at radius 1 is 1.20 bits per heavy atom. The lowest BCUT2D eigenvalue weighted by Crippen LogP contribution is -2.13. The standard InChI is InChI=1S/C18H19N5O2/c1-3-4-13-5-7-14(8-6-13)18(24)20-16-10-9-15(11-17(16)25-2)23-12-19-21-22-23/h5-12H,3-4H2,1-2H3,(H,20,24). The molecule has 2 aromatic carbocycles. The lowest BCUT2D eigenvalue weighted by atomic mass is 10.1. The molecule has 3 aromatic rings. The fourth-order valence-electron chi connectivity index (χ4n) is 2.51. The quantitative estimate of drug-likeness (QED) is 0.748. The average Bonchev–Trinajstić information content (AvgIpc) is 3.17. The minimum atomic E-state index is -0.184. The molecular weight excluding hydrogens is 318 g/mol. The van der Waals surface area contributed by atoms with Gasteiger partial charge in [-0.1, -0.05) is 25.5 Å². The Morgan fingerprint density at radius 2 is 2.00 bits per heavy atom. The zero-order valence-electron chi connectivity index (χ0n) is 14.1. The van der Waals surface area contributed by atoms with E-state index in [2.05, 4.69) is 27.8 Å². The first-order chi connectivity index (χ1) is 12.2. The first-order valence-electron chi connectivity index (χ1n) is 8.03. The van der Waals surface area contributed by atoms with Gasteiger partial charge in [0.1, 0.15) is 12.1 Å². The van der Waals surface area contributed by atoms with E-state index in [-0.39, 0.29) is 5.91 Å². The summed E-state index contributed by atoms with van der Waals surface area (Å²) in [6, 6.07) is 13.0. The van der Waals surface area contributed by atoms with Gasteiger partial charge in [-0.05, 0) is 46.7 Å². The van der Waals surface area contributed by atoms with E-state index in [9.17, 15) is 4.79 Å². The molecule has 0 fully saturated rings. The molecular formula is C18H19N5O2. The third-order valence-electron chi connectivity index (χ3n) is 3.80. The van der Waals surface area contributed by atoms with Crippen molar-refractivity contribution in [3.05, 3.63) is 59.9 Å². The summed E-state index contributed by atoms with van der Waals surface area (Å²) in [4.78, 5) is 12.5. The zero-order chi connectivity index (χ0) is 17.6. The number of hydrogen-bond acceptors (Lipinski definition) is 5. The fourth-order valence-corrected chi connectivity index (χ4v) is 2.51. The molecule has 1 amide bonds. The van der Waals surface area contributed by atoms with Crippen molar-refractivity contribution >= 4 is 11.6 Å². The molecule has 0 saturated heterocycles. The molecule has 7 heteroatoms. The van der Waals surface area contributed by atoms with Gasteiger partial charge in [0.25, 0.3) is 5.91 Å². The molecule has 1 heterocycles. The molecule has 1 N–H and O–H groups in total. The summed E-state index contributed by atoms with van der Waals surface area (Å²) in [6.07, 6.45) is 3.58. The maximum atomic E-state index is 12.5. The number of hydrogen-bond donors (Lipinski definition) is 1. The van der Waals surface area contributed by atoms with Gasteiger partial charge >= 0.3 is 0 Å². The first kappa shape index (κ1) is 16.6. The van der Waals surface area contributed by atoms with Crippen LogP contribution in [0.25, 0.3) is 5.69 Å². The maximum Gasteiger partial charge on any atom is 0.255 e. The van der Waals surface area contributed by atoms with Gasteiger partial charge in [-0.15, -0.1) is 5.10 Å². The smallest absolute Gasteiger partial charge is 0.255 e. The van der Waals surface area contributed by atoms with Crippen LogP contribution in [0.2, 0.25) is 0 Å². The van der Waals surface area contributed by atoms with Crippen LogP contribution >= 0.6 is 0 Å². The molecule has 0 unspecified atom stereocenters. The van der Waals surface area contributed by atoms with E-state index in [1.165, 1.54) is 16.6 Å². The highest BCUT2D eigenvalue weighted by atomic mass is 16.5. The van der Waals surface area contributed by atoms with E-state index in [4.69, 9.17) is 4.74 Å². The summed E-state index contributed by atoms with van der Waals surface area (Å²) in [5.41, 5.74) is 3.15. The van der Waals surface area contributed by atoms with Gasteiger partial charge in [-0.3, -0.25) is 4.79 Å². The van der Waals surface area contributed by atoms with Crippen molar-refractivity contribution in [2.75, 3.05) is 12.4 Å². The van der Waals surface area contributed by atoms with Gasteiger partial charge in [-0.2, -0.15) is 0 Å². The summed E-state index contributed by atoms with van der Waals surface area (Å²) in [5.74, 6) is 0.348.